The first-order valence-corrected chi connectivity index (χ1v) is 8.61. The van der Waals surface area contributed by atoms with Crippen molar-refractivity contribution in [2.75, 3.05) is 18.6 Å². The van der Waals surface area contributed by atoms with E-state index in [0.717, 1.165) is 18.3 Å². The second-order valence-electron chi connectivity index (χ2n) is 6.37. The number of aryl methyl sites for hydroxylation is 2. The Hall–Kier alpha value is -3.01. The number of aliphatic hydroxyl groups is 1. The maximum absolute atomic E-state index is 13.6. The van der Waals surface area contributed by atoms with Gasteiger partial charge in [-0.3, -0.25) is 9.36 Å². The quantitative estimate of drug-likeness (QED) is 0.730. The number of hydrogen-bond acceptors (Lipinski definition) is 7. The van der Waals surface area contributed by atoms with Crippen molar-refractivity contribution >= 4 is 5.95 Å². The number of aromatic nitrogens is 6. The van der Waals surface area contributed by atoms with Gasteiger partial charge in [0, 0.05) is 26.3 Å². The molecular formula is C17H20FN7O2. The molecule has 3 aromatic heterocycles. The second kappa shape index (κ2) is 6.95. The van der Waals surface area contributed by atoms with Crippen molar-refractivity contribution < 1.29 is 14.2 Å². The fraction of sp³-hybridized carbons (Fsp3) is 0.412. The van der Waals surface area contributed by atoms with Crippen LogP contribution in [0.15, 0.2) is 24.5 Å². The molecule has 142 valence electrons. The first-order chi connectivity index (χ1) is 13.1. The molecule has 1 aliphatic rings. The Labute approximate surface area is 155 Å². The number of ether oxygens (including phenoxy) is 1. The minimum absolute atomic E-state index is 0.0786. The molecular weight excluding hydrogens is 353 g/mol. The number of fused-ring (bicyclic) bond motifs is 1. The molecule has 3 aromatic rings. The third kappa shape index (κ3) is 3.23. The van der Waals surface area contributed by atoms with Crippen molar-refractivity contribution in [3.63, 3.8) is 0 Å². The fourth-order valence-corrected chi connectivity index (χ4v) is 3.23. The third-order valence-electron chi connectivity index (χ3n) is 4.63. The first-order valence-electron chi connectivity index (χ1n) is 8.61. The van der Waals surface area contributed by atoms with Gasteiger partial charge in [0.2, 0.25) is 11.8 Å². The summed E-state index contributed by atoms with van der Waals surface area (Å²) in [5, 5.41) is 19.3. The van der Waals surface area contributed by atoms with Gasteiger partial charge in [-0.1, -0.05) is 0 Å². The molecule has 9 nitrogen and oxygen atoms in total. The van der Waals surface area contributed by atoms with Gasteiger partial charge >= 0.3 is 0 Å². The summed E-state index contributed by atoms with van der Waals surface area (Å²) in [6, 6.07) is 3.64. The van der Waals surface area contributed by atoms with Crippen LogP contribution in [-0.4, -0.2) is 48.3 Å². The highest BCUT2D eigenvalue weighted by Gasteiger charge is 2.23. The van der Waals surface area contributed by atoms with E-state index in [2.05, 4.69) is 20.2 Å². The van der Waals surface area contributed by atoms with E-state index in [0.29, 0.717) is 37.0 Å². The van der Waals surface area contributed by atoms with E-state index in [1.165, 1.54) is 7.11 Å². The van der Waals surface area contributed by atoms with Gasteiger partial charge in [0.15, 0.2) is 0 Å². The Morgan fingerprint density at radius 1 is 1.33 bits per heavy atom. The Bertz CT molecular complexity index is 955. The van der Waals surface area contributed by atoms with Crippen LogP contribution >= 0.6 is 0 Å². The molecule has 27 heavy (non-hydrogen) atoms. The van der Waals surface area contributed by atoms with E-state index in [9.17, 15) is 9.50 Å². The average Bonchev–Trinajstić information content (AvgIpc) is 3.22. The molecule has 0 fully saturated rings. The second-order valence-corrected chi connectivity index (χ2v) is 6.37. The molecule has 1 aliphatic heterocycles. The van der Waals surface area contributed by atoms with Crippen molar-refractivity contribution in [2.45, 2.75) is 25.6 Å². The lowest BCUT2D eigenvalue weighted by molar-refractivity contribution is 0.203. The van der Waals surface area contributed by atoms with Crippen LogP contribution in [0.1, 0.15) is 29.6 Å². The van der Waals surface area contributed by atoms with Gasteiger partial charge in [0.25, 0.3) is 5.88 Å². The average molecular weight is 373 g/mol. The summed E-state index contributed by atoms with van der Waals surface area (Å²) < 4.78 is 22.1. The summed E-state index contributed by atoms with van der Waals surface area (Å²) in [6.45, 7) is 1.92. The van der Waals surface area contributed by atoms with Crippen LogP contribution in [0, 0.1) is 5.82 Å². The van der Waals surface area contributed by atoms with Gasteiger partial charge in [0.05, 0.1) is 36.9 Å². The van der Waals surface area contributed by atoms with Crippen LogP contribution in [0.3, 0.4) is 0 Å². The Morgan fingerprint density at radius 2 is 2.19 bits per heavy atom. The molecule has 0 unspecified atom stereocenters. The maximum Gasteiger partial charge on any atom is 0.255 e. The summed E-state index contributed by atoms with van der Waals surface area (Å²) in [4.78, 5) is 10.2. The molecule has 0 saturated heterocycles. The maximum atomic E-state index is 13.6. The zero-order valence-corrected chi connectivity index (χ0v) is 15.1. The number of rotatable bonds is 4. The van der Waals surface area contributed by atoms with Crippen molar-refractivity contribution in [1.29, 1.82) is 0 Å². The summed E-state index contributed by atoms with van der Waals surface area (Å²) in [5.74, 6) is -0.274. The van der Waals surface area contributed by atoms with Crippen LogP contribution in [0.2, 0.25) is 0 Å². The molecule has 4 heterocycles. The van der Waals surface area contributed by atoms with E-state index >= 15 is 0 Å². The molecule has 0 spiro atoms. The van der Waals surface area contributed by atoms with Crippen LogP contribution < -0.4 is 9.64 Å². The number of aliphatic hydroxyl groups excluding tert-OH is 1. The topological polar surface area (TPSA) is 94.1 Å². The Balaban J connectivity index is 1.61. The number of hydrogen-bond donors (Lipinski definition) is 1. The highest BCUT2D eigenvalue weighted by atomic mass is 19.1. The third-order valence-corrected chi connectivity index (χ3v) is 4.63. The van der Waals surface area contributed by atoms with Gasteiger partial charge in [-0.15, -0.1) is 0 Å². The van der Waals surface area contributed by atoms with Gasteiger partial charge < -0.3 is 14.7 Å². The lowest BCUT2D eigenvalue weighted by Gasteiger charge is -2.20. The summed E-state index contributed by atoms with van der Waals surface area (Å²) in [7, 11) is 3.15. The first kappa shape index (κ1) is 17.4. The minimum atomic E-state index is -0.854. The number of nitrogens with zero attached hydrogens (tertiary/aromatic N) is 7. The lowest BCUT2D eigenvalue weighted by Crippen LogP contribution is -2.25. The SMILES string of the molecule is COc1nc(N2CCCn3nc([C@H](O)c4ccnn4C)cc3C2)ncc1F. The van der Waals surface area contributed by atoms with Crippen molar-refractivity contribution in [3.05, 3.63) is 47.4 Å². The van der Waals surface area contributed by atoms with Crippen molar-refractivity contribution in [2.24, 2.45) is 7.05 Å². The fourth-order valence-electron chi connectivity index (χ4n) is 3.23. The van der Waals surface area contributed by atoms with Gasteiger partial charge in [-0.05, 0) is 18.6 Å². The van der Waals surface area contributed by atoms with E-state index in [4.69, 9.17) is 4.74 Å². The zero-order chi connectivity index (χ0) is 19.0. The summed E-state index contributed by atoms with van der Waals surface area (Å²) in [6.07, 6.45) is 2.72. The summed E-state index contributed by atoms with van der Waals surface area (Å²) in [5.41, 5.74) is 2.16. The Kier molecular flexibility index (Phi) is 4.48. The smallest absolute Gasteiger partial charge is 0.255 e. The number of halogens is 1. The van der Waals surface area contributed by atoms with E-state index in [-0.39, 0.29) is 5.88 Å². The lowest BCUT2D eigenvalue weighted by atomic mass is 10.2. The molecule has 0 saturated carbocycles. The van der Waals surface area contributed by atoms with Crippen LogP contribution in [0.25, 0.3) is 0 Å². The van der Waals surface area contributed by atoms with E-state index in [1.54, 1.807) is 24.0 Å². The molecule has 0 aliphatic carbocycles. The largest absolute Gasteiger partial charge is 0.479 e. The molecule has 1 atom stereocenters. The molecule has 0 amide bonds. The predicted molar refractivity (Wildman–Crippen MR) is 93.7 cm³/mol. The normalized spacial score (nSPS) is 15.3. The molecule has 10 heteroatoms. The van der Waals surface area contributed by atoms with Crippen LogP contribution in [0.5, 0.6) is 5.88 Å². The predicted octanol–water partition coefficient (Wildman–Crippen LogP) is 1.05. The molecule has 4 rings (SSSR count). The van der Waals surface area contributed by atoms with Crippen LogP contribution in [0.4, 0.5) is 10.3 Å². The molecule has 1 N–H and O–H groups in total. The monoisotopic (exact) mass is 373 g/mol. The van der Waals surface area contributed by atoms with Crippen LogP contribution in [-0.2, 0) is 20.1 Å². The van der Waals surface area contributed by atoms with E-state index < -0.39 is 11.9 Å². The van der Waals surface area contributed by atoms with Crippen molar-refractivity contribution in [3.8, 4) is 5.88 Å². The van der Waals surface area contributed by atoms with Crippen molar-refractivity contribution in [1.82, 2.24) is 29.5 Å². The highest BCUT2D eigenvalue weighted by molar-refractivity contribution is 5.35. The molecule has 0 bridgehead atoms. The minimum Gasteiger partial charge on any atom is -0.479 e. The number of methoxy groups -OCH3 is 1. The standard InChI is InChI=1S/C17H20FN7O2/c1-23-14(4-5-20-23)15(26)13-8-11-10-24(6-3-7-25(11)22-13)17-19-9-12(18)16(21-17)27-2/h4-5,8-9,15,26H,3,6-7,10H2,1-2H3/t15-/m0/s1. The van der Waals surface area contributed by atoms with Gasteiger partial charge in [-0.2, -0.15) is 19.6 Å². The molecule has 0 aromatic carbocycles. The number of anilines is 1. The van der Waals surface area contributed by atoms with E-state index in [1.807, 2.05) is 15.6 Å². The zero-order valence-electron chi connectivity index (χ0n) is 15.1. The highest BCUT2D eigenvalue weighted by Crippen LogP contribution is 2.25. The van der Waals surface area contributed by atoms with Gasteiger partial charge in [-0.25, -0.2) is 4.98 Å². The summed E-state index contributed by atoms with van der Waals surface area (Å²) >= 11 is 0. The molecule has 0 radical (unpaired) electrons. The Morgan fingerprint density at radius 3 is 2.93 bits per heavy atom. The van der Waals surface area contributed by atoms with Gasteiger partial charge in [0.1, 0.15) is 6.10 Å².